The van der Waals surface area contributed by atoms with Crippen LogP contribution in [0.1, 0.15) is 0 Å². The van der Waals surface area contributed by atoms with Crippen molar-refractivity contribution in [3.63, 3.8) is 0 Å². The van der Waals surface area contributed by atoms with Crippen LogP contribution in [0.4, 0.5) is 0 Å². The number of ether oxygens (including phenoxy) is 1. The van der Waals surface area contributed by atoms with Crippen molar-refractivity contribution < 1.29 is 32.7 Å². The van der Waals surface area contributed by atoms with Gasteiger partial charge in [-0.2, -0.15) is 14.0 Å². The fourth-order valence-corrected chi connectivity index (χ4v) is 6.89. The van der Waals surface area contributed by atoms with E-state index >= 15 is 0 Å². The molecule has 3 aromatic carbocycles. The Kier molecular flexibility index (Phi) is 5.52. The predicted octanol–water partition coefficient (Wildman–Crippen LogP) is 1.81. The Morgan fingerprint density at radius 1 is 0.692 bits per heavy atom. The summed E-state index contributed by atoms with van der Waals surface area (Å²) in [5, 5.41) is 0. The summed E-state index contributed by atoms with van der Waals surface area (Å²) in [5.41, 5.74) is 0. The van der Waals surface area contributed by atoms with E-state index in [2.05, 4.69) is 0 Å². The normalized spacial score (nSPS) is 12.6. The number of hydrogen-bond donors (Lipinski definition) is 0. The molecule has 0 amide bonds. The second-order valence-electron chi connectivity index (χ2n) is 5.30. The highest BCUT2D eigenvalue weighted by atomic mass is 35.7. The Morgan fingerprint density at radius 2 is 1.19 bits per heavy atom. The molecule has 0 saturated carbocycles. The summed E-state index contributed by atoms with van der Waals surface area (Å²) in [7, 11) is -5.99. The van der Waals surface area contributed by atoms with Gasteiger partial charge in [-0.05, 0) is 42.5 Å². The second kappa shape index (κ2) is 7.67. The zero-order valence-corrected chi connectivity index (χ0v) is 15.5. The van der Waals surface area contributed by atoms with E-state index in [1.54, 1.807) is 72.8 Å². The van der Waals surface area contributed by atoms with Crippen molar-refractivity contribution in [2.75, 3.05) is 7.11 Å². The van der Waals surface area contributed by atoms with Crippen molar-refractivity contribution in [3.8, 4) is 5.75 Å². The van der Waals surface area contributed by atoms with Crippen molar-refractivity contribution in [1.29, 1.82) is 0 Å². The Balaban J connectivity index is 2.34. The third-order valence-electron chi connectivity index (χ3n) is 3.70. The maximum Gasteiger partial charge on any atom is 0.134 e. The molecule has 0 aliphatic heterocycles. The topological polar surface area (TPSA) is 87.6 Å². The highest BCUT2D eigenvalue weighted by Gasteiger charge is 2.46. The van der Waals surface area contributed by atoms with E-state index in [0.717, 1.165) is 0 Å². The van der Waals surface area contributed by atoms with Gasteiger partial charge in [-0.1, -0.05) is 42.5 Å². The third kappa shape index (κ3) is 3.86. The van der Waals surface area contributed by atoms with Crippen LogP contribution in [-0.2, 0) is 3.74 Å². The summed E-state index contributed by atoms with van der Waals surface area (Å²) in [5.74, 6) is 0.537. The fraction of sp³-hybridized carbons (Fsp3) is 0.0526. The van der Waals surface area contributed by atoms with Crippen molar-refractivity contribution in [2.45, 2.75) is 14.7 Å². The van der Waals surface area contributed by atoms with Gasteiger partial charge in [0.2, 0.25) is 0 Å². The van der Waals surface area contributed by atoms with Crippen LogP contribution in [-0.4, -0.2) is 7.11 Å². The van der Waals surface area contributed by atoms with Gasteiger partial charge in [0.25, 0.3) is 0 Å². The Bertz CT molecular complexity index is 813. The van der Waals surface area contributed by atoms with Gasteiger partial charge in [0.1, 0.15) is 9.49 Å². The van der Waals surface area contributed by atoms with E-state index in [-0.39, 0.29) is 0 Å². The molecule has 0 saturated heterocycles. The predicted molar refractivity (Wildman–Crippen MR) is 89.4 cm³/mol. The maximum absolute atomic E-state index is 11.7. The standard InChI is InChI=1S/C19H17ClO5S/c1-24-16-9-8-14-19(15-16)26(25-20(21,22)23,17-10-4-2-5-11-17)18-12-6-3-7-13-18/h2-15H,1H3. The molecule has 0 aliphatic rings. The minimum atomic E-state index is -4.69. The second-order valence-corrected chi connectivity index (χ2v) is 9.09. The van der Waals surface area contributed by atoms with E-state index in [1.807, 2.05) is 12.1 Å². The van der Waals surface area contributed by atoms with Crippen LogP contribution >= 0.6 is 10.3 Å². The van der Waals surface area contributed by atoms with Crippen molar-refractivity contribution in [2.24, 2.45) is 0 Å². The summed E-state index contributed by atoms with van der Waals surface area (Å²) >= 11 is 0. The molecule has 0 radical (unpaired) electrons. The van der Waals surface area contributed by atoms with Crippen LogP contribution in [0.5, 0.6) is 5.75 Å². The van der Waals surface area contributed by atoms with Gasteiger partial charge in [-0.3, -0.25) is 0 Å². The monoisotopic (exact) mass is 392 g/mol. The first-order chi connectivity index (χ1) is 12.5. The van der Waals surface area contributed by atoms with Gasteiger partial charge in [0.15, 0.2) is 0 Å². The van der Waals surface area contributed by atoms with Gasteiger partial charge in [0, 0.05) is 14.7 Å². The highest BCUT2D eigenvalue weighted by Crippen LogP contribution is 2.70. The zero-order chi connectivity index (χ0) is 18.6. The van der Waals surface area contributed by atoms with Gasteiger partial charge in [0.05, 0.1) is 27.7 Å². The van der Waals surface area contributed by atoms with Gasteiger partial charge in [-0.15, -0.1) is 0 Å². The van der Waals surface area contributed by atoms with Gasteiger partial charge < -0.3 is 4.74 Å². The molecular weight excluding hydrogens is 376 g/mol. The quantitative estimate of drug-likeness (QED) is 0.638. The molecule has 0 fully saturated rings. The molecule has 7 heteroatoms. The average Bonchev–Trinajstić information content (AvgIpc) is 2.67. The maximum atomic E-state index is 11.7. The summed E-state index contributed by atoms with van der Waals surface area (Å²) in [6, 6.07) is 24.6. The van der Waals surface area contributed by atoms with Crippen LogP contribution in [0.2, 0.25) is 0 Å². The fourth-order valence-electron chi connectivity index (χ4n) is 2.64. The van der Waals surface area contributed by atoms with Crippen molar-refractivity contribution in [1.82, 2.24) is 0 Å². The molecule has 0 atom stereocenters. The number of halogens is 1. The van der Waals surface area contributed by atoms with Gasteiger partial charge in [-0.25, -0.2) is 0 Å². The van der Waals surface area contributed by atoms with Crippen LogP contribution < -0.4 is 18.7 Å². The first-order valence-electron chi connectivity index (χ1n) is 7.65. The average molecular weight is 393 g/mol. The Morgan fingerprint density at radius 3 is 1.65 bits per heavy atom. The van der Waals surface area contributed by atoms with E-state index in [4.69, 9.17) is 8.47 Å². The minimum absolute atomic E-state index is 0.537. The minimum Gasteiger partial charge on any atom is -0.497 e. The van der Waals surface area contributed by atoms with Crippen LogP contribution in [0, 0.1) is 10.2 Å². The SMILES string of the molecule is COc1cccc(S(O[Cl+3]([O-])([O-])[O-])(c2ccccc2)c2ccccc2)c1. The molecule has 0 unspecified atom stereocenters. The van der Waals surface area contributed by atoms with Crippen LogP contribution in [0.15, 0.2) is 99.6 Å². The first kappa shape index (κ1) is 18.7. The smallest absolute Gasteiger partial charge is 0.134 e. The third-order valence-corrected chi connectivity index (χ3v) is 7.86. The van der Waals surface area contributed by atoms with E-state index in [0.29, 0.717) is 20.4 Å². The number of methoxy groups -OCH3 is 1. The lowest BCUT2D eigenvalue weighted by Crippen LogP contribution is -2.61. The molecule has 0 aromatic heterocycles. The molecule has 3 rings (SSSR count). The van der Waals surface area contributed by atoms with Crippen LogP contribution in [0.3, 0.4) is 0 Å². The molecule has 0 bridgehead atoms. The van der Waals surface area contributed by atoms with Crippen molar-refractivity contribution in [3.05, 3.63) is 84.9 Å². The van der Waals surface area contributed by atoms with E-state index in [1.165, 1.54) is 7.11 Å². The number of benzene rings is 3. The molecule has 0 spiro atoms. The number of hydrogen-bond acceptors (Lipinski definition) is 5. The lowest BCUT2D eigenvalue weighted by molar-refractivity contribution is -1.91. The van der Waals surface area contributed by atoms with Gasteiger partial charge >= 0.3 is 0 Å². The lowest BCUT2D eigenvalue weighted by atomic mass is 10.3. The summed E-state index contributed by atoms with van der Waals surface area (Å²) < 4.78 is 45.7. The largest absolute Gasteiger partial charge is 0.497 e. The summed E-state index contributed by atoms with van der Waals surface area (Å²) in [6.45, 7) is 0. The first-order valence-corrected chi connectivity index (χ1v) is 10.4. The molecule has 0 N–H and O–H groups in total. The summed E-state index contributed by atoms with van der Waals surface area (Å²) in [4.78, 5) is 1.72. The molecule has 26 heavy (non-hydrogen) atoms. The zero-order valence-electron chi connectivity index (χ0n) is 13.9. The molecule has 0 aliphatic carbocycles. The van der Waals surface area contributed by atoms with Crippen LogP contribution in [0.25, 0.3) is 0 Å². The summed E-state index contributed by atoms with van der Waals surface area (Å²) in [6.07, 6.45) is 0. The molecule has 136 valence electrons. The highest BCUT2D eigenvalue weighted by molar-refractivity contribution is 8.29. The molecule has 0 heterocycles. The molecule has 3 aromatic rings. The number of rotatable bonds is 6. The lowest BCUT2D eigenvalue weighted by Gasteiger charge is -2.34. The molecular formula is C19H17ClO5S. The van der Waals surface area contributed by atoms with Crippen molar-refractivity contribution >= 4 is 10.3 Å². The Hall–Kier alpha value is -2.06. The van der Waals surface area contributed by atoms with E-state index in [9.17, 15) is 14.0 Å². The van der Waals surface area contributed by atoms with E-state index < -0.39 is 20.6 Å². The molecule has 5 nitrogen and oxygen atoms in total. The Labute approximate surface area is 155 Å².